The molecule has 0 radical (unpaired) electrons. The van der Waals surface area contributed by atoms with Gasteiger partial charge in [0.1, 0.15) is 5.75 Å². The van der Waals surface area contributed by atoms with Crippen molar-refractivity contribution in [2.75, 3.05) is 14.2 Å². The molecule has 2 heterocycles. The second-order valence-electron chi connectivity index (χ2n) is 7.92. The summed E-state index contributed by atoms with van der Waals surface area (Å²) >= 11 is 0. The lowest BCUT2D eigenvalue weighted by atomic mass is 9.98. The standard InChI is InChI=1S/C26H22N4O5/c1-4-20-24-17-13-22(34-2)23(35-3)14-18(17)25(19-12-16(30(32)33)10-11-21(19)31)27-26(24)29(28-20)15-8-6-5-7-9-15/h5-14,31H,4H2,1-3H3. The number of hydrogen-bond acceptors (Lipinski definition) is 7. The van der Waals surface area contributed by atoms with Gasteiger partial charge in [0.2, 0.25) is 0 Å². The number of phenols is 1. The molecule has 0 aliphatic rings. The van der Waals surface area contributed by atoms with E-state index in [1.54, 1.807) is 17.9 Å². The number of benzene rings is 3. The van der Waals surface area contributed by atoms with Gasteiger partial charge in [-0.25, -0.2) is 9.67 Å². The van der Waals surface area contributed by atoms with Crippen LogP contribution in [0.1, 0.15) is 12.6 Å². The molecule has 35 heavy (non-hydrogen) atoms. The van der Waals surface area contributed by atoms with E-state index in [1.165, 1.54) is 25.3 Å². The molecule has 0 fully saturated rings. The molecule has 1 N–H and O–H groups in total. The molecule has 3 aromatic carbocycles. The maximum Gasteiger partial charge on any atom is 0.270 e. The van der Waals surface area contributed by atoms with E-state index in [4.69, 9.17) is 19.6 Å². The molecule has 9 heteroatoms. The molecule has 0 atom stereocenters. The quantitative estimate of drug-likeness (QED) is 0.260. The van der Waals surface area contributed by atoms with Crippen LogP contribution in [0.15, 0.2) is 60.7 Å². The Bertz CT molecular complexity index is 1600. The van der Waals surface area contributed by atoms with Gasteiger partial charge >= 0.3 is 0 Å². The van der Waals surface area contributed by atoms with Crippen molar-refractivity contribution in [2.24, 2.45) is 0 Å². The first kappa shape index (κ1) is 22.1. The fraction of sp³-hybridized carbons (Fsp3) is 0.154. The van der Waals surface area contributed by atoms with Gasteiger partial charge in [-0.3, -0.25) is 10.1 Å². The summed E-state index contributed by atoms with van der Waals surface area (Å²) in [5.41, 5.74) is 2.67. The topological polar surface area (TPSA) is 113 Å². The number of ether oxygens (including phenoxy) is 2. The molecule has 5 aromatic rings. The van der Waals surface area contributed by atoms with Crippen molar-refractivity contribution in [3.63, 3.8) is 0 Å². The maximum absolute atomic E-state index is 11.5. The second kappa shape index (κ2) is 8.60. The number of aromatic hydroxyl groups is 1. The summed E-state index contributed by atoms with van der Waals surface area (Å²) in [5, 5.41) is 29.3. The van der Waals surface area contributed by atoms with E-state index < -0.39 is 4.92 Å². The molecular weight excluding hydrogens is 448 g/mol. The molecule has 0 amide bonds. The van der Waals surface area contributed by atoms with Gasteiger partial charge in [0.05, 0.1) is 41.6 Å². The second-order valence-corrected chi connectivity index (χ2v) is 7.92. The lowest BCUT2D eigenvalue weighted by molar-refractivity contribution is -0.384. The highest BCUT2D eigenvalue weighted by Crippen LogP contribution is 2.43. The summed E-state index contributed by atoms with van der Waals surface area (Å²) in [7, 11) is 3.09. The van der Waals surface area contributed by atoms with Crippen molar-refractivity contribution in [3.05, 3.63) is 76.5 Å². The van der Waals surface area contributed by atoms with Crippen LogP contribution in [0.5, 0.6) is 17.2 Å². The highest BCUT2D eigenvalue weighted by atomic mass is 16.6. The largest absolute Gasteiger partial charge is 0.507 e. The minimum absolute atomic E-state index is 0.125. The Labute approximate surface area is 200 Å². The molecular formula is C26H22N4O5. The molecule has 0 saturated heterocycles. The van der Waals surface area contributed by atoms with E-state index >= 15 is 0 Å². The number of nitrogens with zero attached hydrogens (tertiary/aromatic N) is 4. The van der Waals surface area contributed by atoms with Crippen LogP contribution in [0, 0.1) is 10.1 Å². The van der Waals surface area contributed by atoms with Gasteiger partial charge in [-0.2, -0.15) is 5.10 Å². The molecule has 0 aliphatic heterocycles. The highest BCUT2D eigenvalue weighted by Gasteiger charge is 2.23. The molecule has 0 unspecified atom stereocenters. The Morgan fingerprint density at radius 3 is 2.31 bits per heavy atom. The third-order valence-electron chi connectivity index (χ3n) is 5.98. The Kier molecular flexibility index (Phi) is 5.44. The fourth-order valence-corrected chi connectivity index (χ4v) is 4.31. The zero-order valence-corrected chi connectivity index (χ0v) is 19.3. The number of rotatable bonds is 6. The predicted octanol–water partition coefficient (Wildman–Crippen LogP) is 5.43. The maximum atomic E-state index is 11.5. The van der Waals surface area contributed by atoms with E-state index in [0.29, 0.717) is 34.6 Å². The van der Waals surface area contributed by atoms with Crippen LogP contribution in [0.3, 0.4) is 0 Å². The van der Waals surface area contributed by atoms with Crippen LogP contribution in [0.25, 0.3) is 38.8 Å². The fourth-order valence-electron chi connectivity index (χ4n) is 4.31. The molecule has 176 valence electrons. The average Bonchev–Trinajstić information content (AvgIpc) is 3.27. The Morgan fingerprint density at radius 1 is 1.00 bits per heavy atom. The van der Waals surface area contributed by atoms with Crippen molar-refractivity contribution in [1.82, 2.24) is 14.8 Å². The first-order chi connectivity index (χ1) is 17.0. The van der Waals surface area contributed by atoms with Crippen molar-refractivity contribution in [2.45, 2.75) is 13.3 Å². The first-order valence-electron chi connectivity index (χ1n) is 11.0. The molecule has 2 aromatic heterocycles. The number of pyridine rings is 1. The Hall–Kier alpha value is -4.66. The van der Waals surface area contributed by atoms with Crippen molar-refractivity contribution in [1.29, 1.82) is 0 Å². The van der Waals surface area contributed by atoms with E-state index in [-0.39, 0.29) is 17.0 Å². The summed E-state index contributed by atoms with van der Waals surface area (Å²) in [5.74, 6) is 0.872. The highest BCUT2D eigenvalue weighted by molar-refractivity contribution is 6.13. The third kappa shape index (κ3) is 3.57. The predicted molar refractivity (Wildman–Crippen MR) is 133 cm³/mol. The number of non-ortho nitro benzene ring substituents is 1. The molecule has 5 rings (SSSR count). The molecule has 0 aliphatic carbocycles. The van der Waals surface area contributed by atoms with E-state index in [0.717, 1.165) is 22.2 Å². The van der Waals surface area contributed by atoms with E-state index in [9.17, 15) is 15.2 Å². The van der Waals surface area contributed by atoms with Crippen LogP contribution in [-0.4, -0.2) is 39.0 Å². The van der Waals surface area contributed by atoms with Gasteiger partial charge in [0.25, 0.3) is 5.69 Å². The normalized spacial score (nSPS) is 11.2. The number of fused-ring (bicyclic) bond motifs is 3. The number of methoxy groups -OCH3 is 2. The van der Waals surface area contributed by atoms with Crippen molar-refractivity contribution < 1.29 is 19.5 Å². The SMILES string of the molecule is CCc1nn(-c2ccccc2)c2nc(-c3cc([N+](=O)[O-])ccc3O)c3cc(OC)c(OC)cc3c12. The smallest absolute Gasteiger partial charge is 0.270 e. The van der Waals surface area contributed by atoms with Crippen molar-refractivity contribution >= 4 is 27.5 Å². The van der Waals surface area contributed by atoms with Gasteiger partial charge in [-0.15, -0.1) is 0 Å². The van der Waals surface area contributed by atoms with Crippen LogP contribution >= 0.6 is 0 Å². The number of nitro groups is 1. The number of hydrogen-bond donors (Lipinski definition) is 1. The lowest BCUT2D eigenvalue weighted by Crippen LogP contribution is -2.00. The summed E-state index contributed by atoms with van der Waals surface area (Å²) in [6.07, 6.45) is 0.656. The third-order valence-corrected chi connectivity index (χ3v) is 5.98. The summed E-state index contributed by atoms with van der Waals surface area (Å²) < 4.78 is 12.8. The van der Waals surface area contributed by atoms with Gasteiger partial charge in [-0.05, 0) is 36.8 Å². The van der Waals surface area contributed by atoms with Gasteiger partial charge in [-0.1, -0.05) is 25.1 Å². The summed E-state index contributed by atoms with van der Waals surface area (Å²) in [4.78, 5) is 15.9. The average molecular weight is 470 g/mol. The van der Waals surface area contributed by atoms with Gasteiger partial charge < -0.3 is 14.6 Å². The van der Waals surface area contributed by atoms with Crippen molar-refractivity contribution in [3.8, 4) is 34.2 Å². The number of aromatic nitrogens is 3. The van der Waals surface area contributed by atoms with Gasteiger partial charge in [0.15, 0.2) is 17.1 Å². The van der Waals surface area contributed by atoms with Crippen LogP contribution in [0.2, 0.25) is 0 Å². The zero-order valence-electron chi connectivity index (χ0n) is 19.3. The van der Waals surface area contributed by atoms with Crippen LogP contribution < -0.4 is 9.47 Å². The molecule has 9 nitrogen and oxygen atoms in total. The lowest BCUT2D eigenvalue weighted by Gasteiger charge is -2.14. The number of para-hydroxylation sites is 1. The Morgan fingerprint density at radius 2 is 1.69 bits per heavy atom. The molecule has 0 bridgehead atoms. The monoisotopic (exact) mass is 470 g/mol. The molecule has 0 saturated carbocycles. The first-order valence-corrected chi connectivity index (χ1v) is 11.0. The van der Waals surface area contributed by atoms with Gasteiger partial charge in [0, 0.05) is 28.5 Å². The van der Waals surface area contributed by atoms with Crippen LogP contribution in [0.4, 0.5) is 5.69 Å². The summed E-state index contributed by atoms with van der Waals surface area (Å²) in [6, 6.07) is 17.1. The number of aryl methyl sites for hydroxylation is 1. The molecule has 0 spiro atoms. The van der Waals surface area contributed by atoms with E-state index in [2.05, 4.69) is 0 Å². The number of nitro benzene ring substituents is 1. The number of phenolic OH excluding ortho intramolecular Hbond substituents is 1. The minimum Gasteiger partial charge on any atom is -0.507 e. The summed E-state index contributed by atoms with van der Waals surface area (Å²) in [6.45, 7) is 2.02. The minimum atomic E-state index is -0.503. The Balaban J connectivity index is 1.98. The van der Waals surface area contributed by atoms with E-state index in [1.807, 2.05) is 43.3 Å². The van der Waals surface area contributed by atoms with Crippen LogP contribution in [-0.2, 0) is 6.42 Å². The zero-order chi connectivity index (χ0) is 24.7.